The quantitative estimate of drug-likeness (QED) is 0.282. The van der Waals surface area contributed by atoms with Crippen LogP contribution in [0.15, 0.2) is 5.11 Å². The Morgan fingerprint density at radius 3 is 2.47 bits per heavy atom. The van der Waals surface area contributed by atoms with Crippen molar-refractivity contribution in [2.75, 3.05) is 0 Å². The van der Waals surface area contributed by atoms with E-state index in [0.717, 1.165) is 6.42 Å². The number of nitrogens with zero attached hydrogens (tertiary/aromatic N) is 3. The molecule has 0 aliphatic rings. The third-order valence-electron chi connectivity index (χ3n) is 2.19. The van der Waals surface area contributed by atoms with E-state index in [1.165, 1.54) is 0 Å². The minimum Gasteiger partial charge on any atom is -0.462 e. The molecule has 0 amide bonds. The molecule has 15 heavy (non-hydrogen) atoms. The molecule has 0 radical (unpaired) electrons. The van der Waals surface area contributed by atoms with Crippen molar-refractivity contribution in [1.29, 1.82) is 0 Å². The predicted octanol–water partition coefficient (Wildman–Crippen LogP) is 3.20. The lowest BCUT2D eigenvalue weighted by Crippen LogP contribution is -2.28. The van der Waals surface area contributed by atoms with Gasteiger partial charge in [0.05, 0.1) is 6.04 Å². The van der Waals surface area contributed by atoms with Crippen LogP contribution in [0.3, 0.4) is 0 Å². The highest BCUT2D eigenvalue weighted by molar-refractivity contribution is 5.69. The third-order valence-corrected chi connectivity index (χ3v) is 2.19. The first-order valence-electron chi connectivity index (χ1n) is 5.43. The maximum absolute atomic E-state index is 11.3. The van der Waals surface area contributed by atoms with E-state index < -0.39 is 0 Å². The highest BCUT2D eigenvalue weighted by Gasteiger charge is 2.20. The van der Waals surface area contributed by atoms with E-state index in [1.807, 2.05) is 20.8 Å². The molecule has 5 heteroatoms. The second-order valence-corrected chi connectivity index (χ2v) is 3.37. The van der Waals surface area contributed by atoms with Gasteiger partial charge in [-0.05, 0) is 24.8 Å². The largest absolute Gasteiger partial charge is 0.462 e. The average Bonchev–Trinajstić information content (AvgIpc) is 2.23. The molecular formula is C10H19N3O2. The van der Waals surface area contributed by atoms with Gasteiger partial charge >= 0.3 is 5.97 Å². The number of esters is 1. The van der Waals surface area contributed by atoms with E-state index >= 15 is 0 Å². The number of carbonyl (C=O) groups is 1. The molecule has 0 rings (SSSR count). The Morgan fingerprint density at radius 2 is 2.07 bits per heavy atom. The molecule has 0 fully saturated rings. The second-order valence-electron chi connectivity index (χ2n) is 3.37. The summed E-state index contributed by atoms with van der Waals surface area (Å²) in [5, 5.41) is 3.63. The van der Waals surface area contributed by atoms with Crippen LogP contribution in [0.2, 0.25) is 0 Å². The van der Waals surface area contributed by atoms with Crippen LogP contribution in [0.25, 0.3) is 10.4 Å². The van der Waals surface area contributed by atoms with Crippen molar-refractivity contribution in [2.24, 2.45) is 5.11 Å². The Kier molecular flexibility index (Phi) is 7.46. The molecule has 0 heterocycles. The zero-order chi connectivity index (χ0) is 11.7. The molecule has 0 aliphatic heterocycles. The SMILES string of the molecule is CCCC(=O)O[C@H](CC)[C@@H](CC)N=[N+]=[N-]. The van der Waals surface area contributed by atoms with Crippen molar-refractivity contribution in [3.63, 3.8) is 0 Å². The van der Waals surface area contributed by atoms with Crippen LogP contribution in [-0.4, -0.2) is 18.1 Å². The minimum absolute atomic E-state index is 0.212. The topological polar surface area (TPSA) is 75.1 Å². The molecule has 0 aliphatic carbocycles. The lowest BCUT2D eigenvalue weighted by atomic mass is 10.1. The third kappa shape index (κ3) is 5.27. The maximum atomic E-state index is 11.3. The fourth-order valence-corrected chi connectivity index (χ4v) is 1.35. The summed E-state index contributed by atoms with van der Waals surface area (Å²) in [5.41, 5.74) is 8.37. The monoisotopic (exact) mass is 213 g/mol. The normalized spacial score (nSPS) is 13.8. The van der Waals surface area contributed by atoms with Gasteiger partial charge in [0.25, 0.3) is 0 Å². The van der Waals surface area contributed by atoms with Crippen LogP contribution in [0.1, 0.15) is 46.5 Å². The zero-order valence-electron chi connectivity index (χ0n) is 9.64. The molecule has 0 bridgehead atoms. The molecule has 0 unspecified atom stereocenters. The fraction of sp³-hybridized carbons (Fsp3) is 0.900. The molecule has 5 nitrogen and oxygen atoms in total. The zero-order valence-corrected chi connectivity index (χ0v) is 9.64. The van der Waals surface area contributed by atoms with Crippen molar-refractivity contribution in [2.45, 2.75) is 58.6 Å². The van der Waals surface area contributed by atoms with Crippen molar-refractivity contribution < 1.29 is 9.53 Å². The molecule has 0 saturated heterocycles. The van der Waals surface area contributed by atoms with Crippen molar-refractivity contribution in [1.82, 2.24) is 0 Å². The Bertz CT molecular complexity index is 237. The van der Waals surface area contributed by atoms with Gasteiger partial charge in [0, 0.05) is 11.3 Å². The highest BCUT2D eigenvalue weighted by Crippen LogP contribution is 2.13. The Balaban J connectivity index is 4.32. The summed E-state index contributed by atoms with van der Waals surface area (Å²) < 4.78 is 5.24. The van der Waals surface area contributed by atoms with Crippen LogP contribution in [0.4, 0.5) is 0 Å². The minimum atomic E-state index is -0.287. The number of hydrogen-bond acceptors (Lipinski definition) is 3. The summed E-state index contributed by atoms with van der Waals surface area (Å²) in [6, 6.07) is -0.249. The highest BCUT2D eigenvalue weighted by atomic mass is 16.5. The summed E-state index contributed by atoms with van der Waals surface area (Å²) in [6.07, 6.45) is 2.26. The first-order chi connectivity index (χ1) is 7.19. The van der Waals surface area contributed by atoms with Crippen LogP contribution < -0.4 is 0 Å². The molecule has 0 saturated carbocycles. The van der Waals surface area contributed by atoms with Gasteiger partial charge in [0.2, 0.25) is 0 Å². The van der Waals surface area contributed by atoms with E-state index in [1.54, 1.807) is 0 Å². The van der Waals surface area contributed by atoms with Crippen molar-refractivity contribution in [3.05, 3.63) is 10.4 Å². The summed E-state index contributed by atoms with van der Waals surface area (Å²) in [4.78, 5) is 14.0. The molecule has 0 aromatic rings. The van der Waals surface area contributed by atoms with Crippen LogP contribution >= 0.6 is 0 Å². The van der Waals surface area contributed by atoms with Crippen LogP contribution in [0.5, 0.6) is 0 Å². The van der Waals surface area contributed by atoms with Gasteiger partial charge in [-0.1, -0.05) is 25.9 Å². The van der Waals surface area contributed by atoms with E-state index in [4.69, 9.17) is 10.3 Å². The molecule has 0 aromatic heterocycles. The molecule has 0 aromatic carbocycles. The maximum Gasteiger partial charge on any atom is 0.306 e. The summed E-state index contributed by atoms with van der Waals surface area (Å²) >= 11 is 0. The molecule has 0 spiro atoms. The molecule has 2 atom stereocenters. The van der Waals surface area contributed by atoms with E-state index in [9.17, 15) is 4.79 Å². The smallest absolute Gasteiger partial charge is 0.306 e. The predicted molar refractivity (Wildman–Crippen MR) is 58.3 cm³/mol. The van der Waals surface area contributed by atoms with Gasteiger partial charge in [-0.3, -0.25) is 4.79 Å². The van der Waals surface area contributed by atoms with Crippen LogP contribution in [0, 0.1) is 0 Å². The van der Waals surface area contributed by atoms with E-state index in [2.05, 4.69) is 10.0 Å². The number of ether oxygens (including phenoxy) is 1. The Hall–Kier alpha value is -1.22. The standard InChI is InChI=1S/C10H19N3O2/c1-4-7-10(14)15-9(6-3)8(5-2)12-13-11/h8-9H,4-7H2,1-3H3/t8-,9-/m1/s1. The first kappa shape index (κ1) is 13.8. The number of carbonyl (C=O) groups excluding carboxylic acids is 1. The summed E-state index contributed by atoms with van der Waals surface area (Å²) in [6.45, 7) is 5.75. The lowest BCUT2D eigenvalue weighted by Gasteiger charge is -2.21. The summed E-state index contributed by atoms with van der Waals surface area (Å²) in [5.74, 6) is -0.212. The van der Waals surface area contributed by atoms with E-state index in [0.29, 0.717) is 19.3 Å². The fourth-order valence-electron chi connectivity index (χ4n) is 1.35. The van der Waals surface area contributed by atoms with Gasteiger partial charge in [0.15, 0.2) is 0 Å². The summed E-state index contributed by atoms with van der Waals surface area (Å²) in [7, 11) is 0. The van der Waals surface area contributed by atoms with Crippen molar-refractivity contribution >= 4 is 5.97 Å². The first-order valence-corrected chi connectivity index (χ1v) is 5.43. The number of azide groups is 1. The molecule has 0 N–H and O–H groups in total. The molecular weight excluding hydrogens is 194 g/mol. The second kappa shape index (κ2) is 8.12. The Labute approximate surface area is 90.4 Å². The van der Waals surface area contributed by atoms with Gasteiger partial charge in [0.1, 0.15) is 6.10 Å². The molecule has 86 valence electrons. The van der Waals surface area contributed by atoms with Gasteiger partial charge < -0.3 is 4.74 Å². The van der Waals surface area contributed by atoms with Gasteiger partial charge in [-0.25, -0.2) is 0 Å². The van der Waals surface area contributed by atoms with Gasteiger partial charge in [-0.15, -0.1) is 0 Å². The lowest BCUT2D eigenvalue weighted by molar-refractivity contribution is -0.150. The number of hydrogen-bond donors (Lipinski definition) is 0. The van der Waals surface area contributed by atoms with Crippen molar-refractivity contribution in [3.8, 4) is 0 Å². The Morgan fingerprint density at radius 1 is 1.40 bits per heavy atom. The average molecular weight is 213 g/mol. The van der Waals surface area contributed by atoms with Crippen LogP contribution in [-0.2, 0) is 9.53 Å². The van der Waals surface area contributed by atoms with E-state index in [-0.39, 0.29) is 18.1 Å². The van der Waals surface area contributed by atoms with Gasteiger partial charge in [-0.2, -0.15) is 0 Å². The number of rotatable bonds is 7.